The van der Waals surface area contributed by atoms with Gasteiger partial charge in [0, 0.05) is 20.6 Å². The van der Waals surface area contributed by atoms with Crippen molar-refractivity contribution in [3.05, 3.63) is 11.4 Å². The molecular weight excluding hydrogens is 270 g/mol. The maximum atomic E-state index is 12.4. The van der Waals surface area contributed by atoms with Crippen molar-refractivity contribution in [1.29, 1.82) is 0 Å². The number of rotatable bonds is 6. The number of anilines is 1. The monoisotopic (exact) mass is 295 g/mol. The van der Waals surface area contributed by atoms with E-state index in [-0.39, 0.29) is 24.9 Å². The van der Waals surface area contributed by atoms with E-state index in [0.29, 0.717) is 17.9 Å². The van der Waals surface area contributed by atoms with Crippen molar-refractivity contribution in [1.82, 2.24) is 19.6 Å². The quantitative estimate of drug-likeness (QED) is 0.823. The molecule has 0 spiro atoms. The summed E-state index contributed by atoms with van der Waals surface area (Å²) in [5, 5.41) is 4.26. The van der Waals surface area contributed by atoms with Crippen molar-refractivity contribution in [2.24, 2.45) is 0 Å². The van der Waals surface area contributed by atoms with Crippen LogP contribution >= 0.6 is 0 Å². The highest BCUT2D eigenvalue weighted by atomic mass is 16.2. The highest BCUT2D eigenvalue weighted by Crippen LogP contribution is 2.14. The molecule has 1 rings (SSSR count). The Kier molecular flexibility index (Phi) is 5.75. The predicted molar refractivity (Wildman–Crippen MR) is 81.7 cm³/mol. The molecule has 118 valence electrons. The van der Waals surface area contributed by atoms with Crippen LogP contribution in [0.3, 0.4) is 0 Å². The molecule has 1 aromatic rings. The van der Waals surface area contributed by atoms with Gasteiger partial charge in [-0.2, -0.15) is 5.10 Å². The summed E-state index contributed by atoms with van der Waals surface area (Å²) in [6.45, 7) is 6.36. The van der Waals surface area contributed by atoms with Gasteiger partial charge in [-0.3, -0.25) is 14.3 Å². The summed E-state index contributed by atoms with van der Waals surface area (Å²) < 4.78 is 1.59. The summed E-state index contributed by atoms with van der Waals surface area (Å²) in [5.41, 5.74) is 7.96. The van der Waals surface area contributed by atoms with Crippen LogP contribution in [-0.4, -0.2) is 58.6 Å². The lowest BCUT2D eigenvalue weighted by Gasteiger charge is -2.23. The fourth-order valence-corrected chi connectivity index (χ4v) is 1.96. The molecule has 0 saturated heterocycles. The molecule has 1 aromatic heterocycles. The summed E-state index contributed by atoms with van der Waals surface area (Å²) in [6.07, 6.45) is 0.797. The largest absolute Gasteiger partial charge is 0.396 e. The van der Waals surface area contributed by atoms with Gasteiger partial charge in [-0.15, -0.1) is 0 Å². The Morgan fingerprint density at radius 3 is 2.29 bits per heavy atom. The maximum absolute atomic E-state index is 12.4. The van der Waals surface area contributed by atoms with Gasteiger partial charge in [-0.05, 0) is 20.3 Å². The third kappa shape index (κ3) is 4.21. The summed E-state index contributed by atoms with van der Waals surface area (Å²) in [6, 6.07) is 0. The Labute approximate surface area is 125 Å². The summed E-state index contributed by atoms with van der Waals surface area (Å²) in [7, 11) is 3.36. The highest BCUT2D eigenvalue weighted by molar-refractivity contribution is 5.84. The number of likely N-dealkylation sites (N-methyl/N-ethyl adjacent to an activating group) is 1. The van der Waals surface area contributed by atoms with Crippen LogP contribution in [-0.2, 0) is 16.1 Å². The van der Waals surface area contributed by atoms with Crippen LogP contribution < -0.4 is 5.73 Å². The molecule has 7 nitrogen and oxygen atoms in total. The first kappa shape index (κ1) is 17.0. The Morgan fingerprint density at radius 2 is 1.86 bits per heavy atom. The van der Waals surface area contributed by atoms with E-state index >= 15 is 0 Å². The van der Waals surface area contributed by atoms with Crippen LogP contribution in [0, 0.1) is 13.8 Å². The minimum atomic E-state index is -0.127. The average molecular weight is 295 g/mol. The Morgan fingerprint density at radius 1 is 1.24 bits per heavy atom. The smallest absolute Gasteiger partial charge is 0.244 e. The molecule has 7 heteroatoms. The van der Waals surface area contributed by atoms with E-state index < -0.39 is 0 Å². The van der Waals surface area contributed by atoms with Gasteiger partial charge in [0.15, 0.2) is 0 Å². The number of nitrogens with two attached hydrogens (primary N) is 1. The molecule has 0 unspecified atom stereocenters. The molecule has 0 aliphatic rings. The molecular formula is C14H25N5O2. The molecule has 0 atom stereocenters. The number of nitrogens with zero attached hydrogens (tertiary/aromatic N) is 4. The fourth-order valence-electron chi connectivity index (χ4n) is 1.96. The van der Waals surface area contributed by atoms with E-state index in [1.807, 2.05) is 20.8 Å². The van der Waals surface area contributed by atoms with Crippen LogP contribution in [0.5, 0.6) is 0 Å². The molecule has 2 amide bonds. The van der Waals surface area contributed by atoms with Crippen molar-refractivity contribution in [2.45, 2.75) is 33.7 Å². The van der Waals surface area contributed by atoms with Gasteiger partial charge in [0.2, 0.25) is 11.8 Å². The van der Waals surface area contributed by atoms with E-state index in [2.05, 4.69) is 5.10 Å². The van der Waals surface area contributed by atoms with Crippen molar-refractivity contribution in [3.8, 4) is 0 Å². The molecule has 0 radical (unpaired) electrons. The van der Waals surface area contributed by atoms with Crippen LogP contribution in [0.1, 0.15) is 24.7 Å². The molecule has 0 aliphatic heterocycles. The predicted octanol–water partition coefficient (Wildman–Crippen LogP) is 0.409. The molecule has 0 fully saturated rings. The first-order valence-corrected chi connectivity index (χ1v) is 7.05. The Hall–Kier alpha value is -2.05. The zero-order chi connectivity index (χ0) is 16.2. The van der Waals surface area contributed by atoms with Gasteiger partial charge in [-0.1, -0.05) is 6.92 Å². The molecule has 2 N–H and O–H groups in total. The van der Waals surface area contributed by atoms with Crippen molar-refractivity contribution in [2.75, 3.05) is 32.9 Å². The van der Waals surface area contributed by atoms with Gasteiger partial charge in [0.1, 0.15) is 6.54 Å². The third-order valence-corrected chi connectivity index (χ3v) is 3.39. The first-order valence-electron chi connectivity index (χ1n) is 7.05. The van der Waals surface area contributed by atoms with Crippen molar-refractivity contribution < 1.29 is 9.59 Å². The molecule has 21 heavy (non-hydrogen) atoms. The Balaban J connectivity index is 2.81. The highest BCUT2D eigenvalue weighted by Gasteiger charge is 2.19. The first-order chi connectivity index (χ1) is 9.77. The van der Waals surface area contributed by atoms with Crippen LogP contribution in [0.15, 0.2) is 0 Å². The molecule has 0 bridgehead atoms. The Bertz CT molecular complexity index is 522. The third-order valence-electron chi connectivity index (χ3n) is 3.39. The van der Waals surface area contributed by atoms with E-state index in [9.17, 15) is 9.59 Å². The van der Waals surface area contributed by atoms with E-state index in [1.165, 1.54) is 4.90 Å². The SMILES string of the molecule is CCCN(CC(=O)N(C)C)C(=O)Cn1nc(C)c(N)c1C. The van der Waals surface area contributed by atoms with E-state index in [0.717, 1.165) is 12.1 Å². The second-order valence-electron chi connectivity index (χ2n) is 5.35. The van der Waals surface area contributed by atoms with Crippen molar-refractivity contribution >= 4 is 17.5 Å². The second kappa shape index (κ2) is 7.10. The molecule has 0 aromatic carbocycles. The number of amides is 2. The normalized spacial score (nSPS) is 10.5. The topological polar surface area (TPSA) is 84.5 Å². The standard InChI is InChI=1S/C14H25N5O2/c1-6-7-18(8-12(20)17(4)5)13(21)9-19-11(3)14(15)10(2)16-19/h6-9,15H2,1-5H3. The van der Waals surface area contributed by atoms with Gasteiger partial charge < -0.3 is 15.5 Å². The number of hydrogen-bond donors (Lipinski definition) is 1. The number of nitrogen functional groups attached to an aromatic ring is 1. The number of aromatic nitrogens is 2. The molecule has 0 aliphatic carbocycles. The lowest BCUT2D eigenvalue weighted by Crippen LogP contribution is -2.42. The van der Waals surface area contributed by atoms with Crippen molar-refractivity contribution in [3.63, 3.8) is 0 Å². The van der Waals surface area contributed by atoms with Crippen LogP contribution in [0.2, 0.25) is 0 Å². The lowest BCUT2D eigenvalue weighted by molar-refractivity contribution is -0.139. The minimum absolute atomic E-state index is 0.0917. The number of aryl methyl sites for hydroxylation is 1. The van der Waals surface area contributed by atoms with Gasteiger partial charge in [0.05, 0.1) is 23.6 Å². The van der Waals surface area contributed by atoms with Gasteiger partial charge >= 0.3 is 0 Å². The number of carbonyl (C=O) groups is 2. The zero-order valence-electron chi connectivity index (χ0n) is 13.5. The van der Waals surface area contributed by atoms with Gasteiger partial charge in [-0.25, -0.2) is 0 Å². The number of carbonyl (C=O) groups excluding carboxylic acids is 2. The van der Waals surface area contributed by atoms with Crippen LogP contribution in [0.4, 0.5) is 5.69 Å². The van der Waals surface area contributed by atoms with Gasteiger partial charge in [0.25, 0.3) is 0 Å². The maximum Gasteiger partial charge on any atom is 0.244 e. The zero-order valence-corrected chi connectivity index (χ0v) is 13.5. The number of hydrogen-bond acceptors (Lipinski definition) is 4. The fraction of sp³-hybridized carbons (Fsp3) is 0.643. The minimum Gasteiger partial charge on any atom is -0.396 e. The second-order valence-corrected chi connectivity index (χ2v) is 5.35. The lowest BCUT2D eigenvalue weighted by atomic mass is 10.3. The summed E-state index contributed by atoms with van der Waals surface area (Å²) in [4.78, 5) is 27.2. The average Bonchev–Trinajstić information content (AvgIpc) is 2.65. The van der Waals surface area contributed by atoms with E-state index in [4.69, 9.17) is 5.73 Å². The molecule has 1 heterocycles. The summed E-state index contributed by atoms with van der Waals surface area (Å²) >= 11 is 0. The van der Waals surface area contributed by atoms with E-state index in [1.54, 1.807) is 23.7 Å². The molecule has 0 saturated carbocycles. The van der Waals surface area contributed by atoms with Crippen LogP contribution in [0.25, 0.3) is 0 Å². The summed E-state index contributed by atoms with van der Waals surface area (Å²) in [5.74, 6) is -0.220.